The van der Waals surface area contributed by atoms with Crippen molar-refractivity contribution in [3.05, 3.63) is 0 Å². The quantitative estimate of drug-likeness (QED) is 0.750. The van der Waals surface area contributed by atoms with E-state index in [-0.39, 0.29) is 12.4 Å². The first kappa shape index (κ1) is 17.2. The highest BCUT2D eigenvalue weighted by atomic mass is 35.5. The van der Waals surface area contributed by atoms with Crippen LogP contribution in [0.5, 0.6) is 0 Å². The molecule has 0 radical (unpaired) electrons. The van der Waals surface area contributed by atoms with Gasteiger partial charge in [-0.25, -0.2) is 8.42 Å². The summed E-state index contributed by atoms with van der Waals surface area (Å²) in [6.45, 7) is 5.76. The zero-order chi connectivity index (χ0) is 12.0. The Balaban J connectivity index is 0.00000256. The van der Waals surface area contributed by atoms with Crippen molar-refractivity contribution < 1.29 is 8.42 Å². The zero-order valence-corrected chi connectivity index (χ0v) is 12.4. The molecule has 0 aromatic rings. The van der Waals surface area contributed by atoms with Gasteiger partial charge in [0.15, 0.2) is 9.84 Å². The molecule has 1 aliphatic rings. The molecule has 1 heterocycles. The van der Waals surface area contributed by atoms with Crippen LogP contribution in [0.15, 0.2) is 0 Å². The maximum absolute atomic E-state index is 11.6. The van der Waals surface area contributed by atoms with Crippen LogP contribution in [0.2, 0.25) is 0 Å². The largest absolute Gasteiger partial charge is 0.319 e. The molecular formula is C11H25ClN2O2S. The van der Waals surface area contributed by atoms with Gasteiger partial charge in [0, 0.05) is 18.8 Å². The van der Waals surface area contributed by atoms with Gasteiger partial charge in [0.05, 0.1) is 5.75 Å². The van der Waals surface area contributed by atoms with Crippen molar-refractivity contribution in [2.45, 2.75) is 19.8 Å². The van der Waals surface area contributed by atoms with Gasteiger partial charge in [0.1, 0.15) is 0 Å². The Bertz CT molecular complexity index is 296. The van der Waals surface area contributed by atoms with E-state index in [0.717, 1.165) is 26.1 Å². The van der Waals surface area contributed by atoms with Crippen LogP contribution < -0.4 is 5.32 Å². The van der Waals surface area contributed by atoms with Gasteiger partial charge in [-0.1, -0.05) is 6.92 Å². The molecule has 1 unspecified atom stereocenters. The Morgan fingerprint density at radius 3 is 2.65 bits per heavy atom. The molecule has 17 heavy (non-hydrogen) atoms. The van der Waals surface area contributed by atoms with Gasteiger partial charge in [-0.15, -0.1) is 12.4 Å². The maximum Gasteiger partial charge on any atom is 0.151 e. The van der Waals surface area contributed by atoms with Crippen molar-refractivity contribution in [2.24, 2.45) is 5.92 Å². The fourth-order valence-electron chi connectivity index (χ4n) is 2.25. The standard InChI is InChI=1S/C11H24N2O2S.ClH/c1-3-7-16(14,15)8-6-13-5-4-11(10-13)9-12-2;/h11-12H,3-10H2,1-2H3;1H. The number of halogens is 1. The van der Waals surface area contributed by atoms with E-state index < -0.39 is 9.84 Å². The van der Waals surface area contributed by atoms with Crippen LogP contribution >= 0.6 is 12.4 Å². The van der Waals surface area contributed by atoms with Crippen LogP contribution in [0, 0.1) is 5.92 Å². The van der Waals surface area contributed by atoms with E-state index >= 15 is 0 Å². The monoisotopic (exact) mass is 284 g/mol. The molecule has 1 N–H and O–H groups in total. The summed E-state index contributed by atoms with van der Waals surface area (Å²) in [6.07, 6.45) is 1.92. The van der Waals surface area contributed by atoms with E-state index in [4.69, 9.17) is 0 Å². The van der Waals surface area contributed by atoms with Gasteiger partial charge in [0.25, 0.3) is 0 Å². The van der Waals surface area contributed by atoms with E-state index in [0.29, 0.717) is 24.0 Å². The summed E-state index contributed by atoms with van der Waals surface area (Å²) in [4.78, 5) is 2.27. The molecule has 1 rings (SSSR count). The maximum atomic E-state index is 11.6. The number of nitrogens with one attached hydrogen (secondary N) is 1. The number of nitrogens with zero attached hydrogens (tertiary/aromatic N) is 1. The summed E-state index contributed by atoms with van der Waals surface area (Å²) in [5, 5.41) is 3.18. The van der Waals surface area contributed by atoms with E-state index in [2.05, 4.69) is 10.2 Å². The Labute approximate surface area is 111 Å². The fraction of sp³-hybridized carbons (Fsp3) is 1.00. The topological polar surface area (TPSA) is 49.4 Å². The molecule has 104 valence electrons. The highest BCUT2D eigenvalue weighted by Crippen LogP contribution is 2.15. The third kappa shape index (κ3) is 6.60. The Morgan fingerprint density at radius 2 is 2.06 bits per heavy atom. The fourth-order valence-corrected chi connectivity index (χ4v) is 3.62. The second-order valence-corrected chi connectivity index (χ2v) is 6.97. The predicted octanol–water partition coefficient (Wildman–Crippen LogP) is 0.774. The SMILES string of the molecule is CCCS(=O)(=O)CCN1CCC(CNC)C1.Cl. The predicted molar refractivity (Wildman–Crippen MR) is 74.7 cm³/mol. The lowest BCUT2D eigenvalue weighted by Crippen LogP contribution is -2.29. The van der Waals surface area contributed by atoms with Crippen LogP contribution in [0.3, 0.4) is 0 Å². The molecule has 4 nitrogen and oxygen atoms in total. The van der Waals surface area contributed by atoms with E-state index in [9.17, 15) is 8.42 Å². The van der Waals surface area contributed by atoms with Crippen molar-refractivity contribution in [1.82, 2.24) is 10.2 Å². The molecule has 0 spiro atoms. The van der Waals surface area contributed by atoms with Gasteiger partial charge in [-0.05, 0) is 38.9 Å². The molecule has 1 saturated heterocycles. The third-order valence-corrected chi connectivity index (χ3v) is 4.93. The summed E-state index contributed by atoms with van der Waals surface area (Å²) in [7, 11) is -0.840. The average Bonchev–Trinajstić information content (AvgIpc) is 2.64. The normalized spacial score (nSPS) is 21.4. The van der Waals surface area contributed by atoms with Crippen molar-refractivity contribution in [3.8, 4) is 0 Å². The smallest absolute Gasteiger partial charge is 0.151 e. The molecule has 0 saturated carbocycles. The lowest BCUT2D eigenvalue weighted by Gasteiger charge is -2.15. The Morgan fingerprint density at radius 1 is 1.35 bits per heavy atom. The number of rotatable bonds is 7. The minimum Gasteiger partial charge on any atom is -0.319 e. The summed E-state index contributed by atoms with van der Waals surface area (Å²) < 4.78 is 23.1. The number of hydrogen-bond acceptors (Lipinski definition) is 4. The van der Waals surface area contributed by atoms with Crippen LogP contribution in [-0.2, 0) is 9.84 Å². The van der Waals surface area contributed by atoms with Gasteiger partial charge < -0.3 is 10.2 Å². The molecule has 0 aliphatic carbocycles. The minimum atomic E-state index is -2.81. The second-order valence-electron chi connectivity index (χ2n) is 4.66. The highest BCUT2D eigenvalue weighted by molar-refractivity contribution is 7.91. The molecule has 0 aromatic carbocycles. The van der Waals surface area contributed by atoms with Crippen molar-refractivity contribution >= 4 is 22.2 Å². The minimum absolute atomic E-state index is 0. The Hall–Kier alpha value is 0.160. The van der Waals surface area contributed by atoms with E-state index in [1.165, 1.54) is 6.42 Å². The van der Waals surface area contributed by atoms with Gasteiger partial charge in [-0.3, -0.25) is 0 Å². The summed E-state index contributed by atoms with van der Waals surface area (Å²) in [5.41, 5.74) is 0. The van der Waals surface area contributed by atoms with Gasteiger partial charge >= 0.3 is 0 Å². The first-order valence-corrected chi connectivity index (χ1v) is 7.97. The third-order valence-electron chi connectivity index (χ3n) is 3.10. The lowest BCUT2D eigenvalue weighted by molar-refractivity contribution is 0.341. The van der Waals surface area contributed by atoms with Crippen LogP contribution in [0.25, 0.3) is 0 Å². The average molecular weight is 285 g/mol. The lowest BCUT2D eigenvalue weighted by atomic mass is 10.1. The number of sulfone groups is 1. The summed E-state index contributed by atoms with van der Waals surface area (Å²) in [6, 6.07) is 0. The molecule has 0 bridgehead atoms. The van der Waals surface area contributed by atoms with Gasteiger partial charge in [0.2, 0.25) is 0 Å². The zero-order valence-electron chi connectivity index (χ0n) is 10.8. The molecule has 1 aliphatic heterocycles. The first-order chi connectivity index (χ1) is 7.57. The van der Waals surface area contributed by atoms with Crippen molar-refractivity contribution in [3.63, 3.8) is 0 Å². The van der Waals surface area contributed by atoms with E-state index in [1.54, 1.807) is 0 Å². The van der Waals surface area contributed by atoms with E-state index in [1.807, 2.05) is 14.0 Å². The molecule has 1 fully saturated rings. The summed E-state index contributed by atoms with van der Waals surface area (Å²) in [5.74, 6) is 1.35. The Kier molecular flexibility index (Phi) is 8.37. The van der Waals surface area contributed by atoms with Crippen molar-refractivity contribution in [2.75, 3.05) is 44.7 Å². The molecule has 0 amide bonds. The highest BCUT2D eigenvalue weighted by Gasteiger charge is 2.22. The van der Waals surface area contributed by atoms with Crippen LogP contribution in [0.4, 0.5) is 0 Å². The molecule has 0 aromatic heterocycles. The van der Waals surface area contributed by atoms with Crippen LogP contribution in [0.1, 0.15) is 19.8 Å². The number of likely N-dealkylation sites (tertiary alicyclic amines) is 1. The molecule has 1 atom stereocenters. The molecule has 6 heteroatoms. The number of hydrogen-bond donors (Lipinski definition) is 1. The van der Waals surface area contributed by atoms with Crippen LogP contribution in [-0.4, -0.2) is 58.1 Å². The second kappa shape index (κ2) is 8.29. The van der Waals surface area contributed by atoms with Crippen molar-refractivity contribution in [1.29, 1.82) is 0 Å². The van der Waals surface area contributed by atoms with Gasteiger partial charge in [-0.2, -0.15) is 0 Å². The molecular weight excluding hydrogens is 260 g/mol. The summed E-state index contributed by atoms with van der Waals surface area (Å²) >= 11 is 0. The first-order valence-electron chi connectivity index (χ1n) is 6.14.